The van der Waals surface area contributed by atoms with Crippen LogP contribution in [0.1, 0.15) is 11.3 Å². The first-order valence-corrected chi connectivity index (χ1v) is 6.97. The summed E-state index contributed by atoms with van der Waals surface area (Å²) in [5.74, 6) is -0.0319. The van der Waals surface area contributed by atoms with Crippen molar-refractivity contribution in [1.82, 2.24) is 15.6 Å². The molecule has 7 heteroatoms. The number of aromatic nitrogens is 1. The van der Waals surface area contributed by atoms with E-state index in [0.717, 1.165) is 12.0 Å². The summed E-state index contributed by atoms with van der Waals surface area (Å²) < 4.78 is 26.3. The van der Waals surface area contributed by atoms with Crippen LogP contribution >= 0.6 is 24.0 Å². The monoisotopic (exact) mass is 432 g/mol. The number of aliphatic imine (C=N–C) groups is 1. The first-order chi connectivity index (χ1) is 10.7. The van der Waals surface area contributed by atoms with Crippen LogP contribution in [-0.4, -0.2) is 24.5 Å². The summed E-state index contributed by atoms with van der Waals surface area (Å²) in [7, 11) is 1.64. The average molecular weight is 432 g/mol. The maximum atomic E-state index is 13.5. The molecule has 0 fully saturated rings. The van der Waals surface area contributed by atoms with E-state index >= 15 is 0 Å². The summed E-state index contributed by atoms with van der Waals surface area (Å²) in [6.45, 7) is 0.888. The van der Waals surface area contributed by atoms with Crippen LogP contribution in [0.5, 0.6) is 0 Å². The smallest absolute Gasteiger partial charge is 0.191 e. The summed E-state index contributed by atoms with van der Waals surface area (Å²) in [4.78, 5) is 8.03. The second-order valence-electron chi connectivity index (χ2n) is 4.66. The molecule has 0 spiro atoms. The van der Waals surface area contributed by atoms with Gasteiger partial charge in [-0.05, 0) is 36.2 Å². The lowest BCUT2D eigenvalue weighted by Crippen LogP contribution is -2.38. The highest BCUT2D eigenvalue weighted by molar-refractivity contribution is 14.0. The first-order valence-electron chi connectivity index (χ1n) is 6.97. The highest BCUT2D eigenvalue weighted by Crippen LogP contribution is 2.03. The zero-order chi connectivity index (χ0) is 15.8. The van der Waals surface area contributed by atoms with Gasteiger partial charge in [0.1, 0.15) is 11.6 Å². The van der Waals surface area contributed by atoms with Gasteiger partial charge < -0.3 is 10.6 Å². The molecule has 2 aromatic rings. The van der Waals surface area contributed by atoms with Crippen molar-refractivity contribution >= 4 is 29.9 Å². The maximum Gasteiger partial charge on any atom is 0.191 e. The van der Waals surface area contributed by atoms with Gasteiger partial charge in [-0.2, -0.15) is 0 Å². The molecule has 0 saturated carbocycles. The Kier molecular flexibility index (Phi) is 8.46. The fourth-order valence-electron chi connectivity index (χ4n) is 1.91. The highest BCUT2D eigenvalue weighted by Gasteiger charge is 2.04. The van der Waals surface area contributed by atoms with E-state index in [1.54, 1.807) is 31.4 Å². The molecular weight excluding hydrogens is 413 g/mol. The van der Waals surface area contributed by atoms with Crippen molar-refractivity contribution in [1.29, 1.82) is 0 Å². The molecule has 0 aliphatic heterocycles. The van der Waals surface area contributed by atoms with Gasteiger partial charge in [-0.1, -0.05) is 12.1 Å². The molecule has 0 saturated heterocycles. The van der Waals surface area contributed by atoms with Crippen molar-refractivity contribution < 1.29 is 8.78 Å². The van der Waals surface area contributed by atoms with E-state index in [-0.39, 0.29) is 42.2 Å². The third-order valence-corrected chi connectivity index (χ3v) is 3.10. The molecule has 23 heavy (non-hydrogen) atoms. The lowest BCUT2D eigenvalue weighted by molar-refractivity contribution is 0.592. The quantitative estimate of drug-likeness (QED) is 0.434. The SMILES string of the molecule is CN=C(NCCc1ccc(F)cc1)NCc1ncccc1F.I. The summed E-state index contributed by atoms with van der Waals surface area (Å²) in [6, 6.07) is 9.29. The molecule has 1 aromatic carbocycles. The molecule has 0 aliphatic carbocycles. The molecule has 0 radical (unpaired) electrons. The molecule has 0 atom stereocenters. The van der Waals surface area contributed by atoms with E-state index < -0.39 is 0 Å². The normalized spacial score (nSPS) is 10.8. The topological polar surface area (TPSA) is 49.3 Å². The number of hydrogen-bond donors (Lipinski definition) is 2. The van der Waals surface area contributed by atoms with Crippen LogP contribution < -0.4 is 10.6 Å². The van der Waals surface area contributed by atoms with Gasteiger partial charge in [0, 0.05) is 19.8 Å². The number of benzene rings is 1. The zero-order valence-electron chi connectivity index (χ0n) is 12.7. The fourth-order valence-corrected chi connectivity index (χ4v) is 1.91. The van der Waals surface area contributed by atoms with Crippen molar-refractivity contribution in [2.24, 2.45) is 4.99 Å². The van der Waals surface area contributed by atoms with Gasteiger partial charge >= 0.3 is 0 Å². The van der Waals surface area contributed by atoms with E-state index in [9.17, 15) is 8.78 Å². The minimum absolute atomic E-state index is 0. The number of rotatable bonds is 5. The van der Waals surface area contributed by atoms with Crippen molar-refractivity contribution in [3.63, 3.8) is 0 Å². The minimum atomic E-state index is -0.350. The predicted octanol–water partition coefficient (Wildman–Crippen LogP) is 2.89. The van der Waals surface area contributed by atoms with E-state index in [1.807, 2.05) is 0 Å². The predicted molar refractivity (Wildman–Crippen MR) is 97.9 cm³/mol. The average Bonchev–Trinajstić information content (AvgIpc) is 2.54. The number of hydrogen-bond acceptors (Lipinski definition) is 2. The van der Waals surface area contributed by atoms with Crippen molar-refractivity contribution in [2.45, 2.75) is 13.0 Å². The van der Waals surface area contributed by atoms with Gasteiger partial charge in [-0.15, -0.1) is 24.0 Å². The Hall–Kier alpha value is -1.77. The molecule has 0 aliphatic rings. The van der Waals surface area contributed by atoms with E-state index in [0.29, 0.717) is 18.2 Å². The largest absolute Gasteiger partial charge is 0.356 e. The standard InChI is InChI=1S/C16H18F2N4.HI/c1-19-16(22-11-15-14(18)3-2-9-20-15)21-10-8-12-4-6-13(17)7-5-12;/h2-7,9H,8,10-11H2,1H3,(H2,19,21,22);1H. The third kappa shape index (κ3) is 6.47. The van der Waals surface area contributed by atoms with Gasteiger partial charge in [0.05, 0.1) is 12.2 Å². The van der Waals surface area contributed by atoms with Gasteiger partial charge in [0.25, 0.3) is 0 Å². The summed E-state index contributed by atoms with van der Waals surface area (Å²) in [5.41, 5.74) is 1.36. The molecule has 2 N–H and O–H groups in total. The van der Waals surface area contributed by atoms with Crippen LogP contribution in [0, 0.1) is 11.6 Å². The van der Waals surface area contributed by atoms with Crippen LogP contribution in [0.2, 0.25) is 0 Å². The van der Waals surface area contributed by atoms with Crippen LogP contribution in [0.25, 0.3) is 0 Å². The lowest BCUT2D eigenvalue weighted by Gasteiger charge is -2.12. The van der Waals surface area contributed by atoms with E-state index in [1.165, 1.54) is 18.2 Å². The Balaban J connectivity index is 0.00000264. The highest BCUT2D eigenvalue weighted by atomic mass is 127. The van der Waals surface area contributed by atoms with E-state index in [4.69, 9.17) is 0 Å². The van der Waals surface area contributed by atoms with Gasteiger partial charge in [0.15, 0.2) is 5.96 Å². The molecule has 0 unspecified atom stereocenters. The van der Waals surface area contributed by atoms with Gasteiger partial charge in [-0.3, -0.25) is 9.98 Å². The molecule has 0 amide bonds. The summed E-state index contributed by atoms with van der Waals surface area (Å²) >= 11 is 0. The Bertz CT molecular complexity index is 632. The van der Waals surface area contributed by atoms with Crippen molar-refractivity contribution in [3.8, 4) is 0 Å². The second-order valence-corrected chi connectivity index (χ2v) is 4.66. The second kappa shape index (κ2) is 10.1. The number of nitrogens with zero attached hydrogens (tertiary/aromatic N) is 2. The van der Waals surface area contributed by atoms with Gasteiger partial charge in [-0.25, -0.2) is 8.78 Å². The number of halogens is 3. The Morgan fingerprint density at radius 1 is 1.13 bits per heavy atom. The fraction of sp³-hybridized carbons (Fsp3) is 0.250. The van der Waals surface area contributed by atoms with Crippen LogP contribution in [0.3, 0.4) is 0 Å². The summed E-state index contributed by atoms with van der Waals surface area (Å²) in [5, 5.41) is 6.12. The van der Waals surface area contributed by atoms with E-state index in [2.05, 4.69) is 20.6 Å². The first kappa shape index (κ1) is 19.3. The Morgan fingerprint density at radius 3 is 2.52 bits per heavy atom. The van der Waals surface area contributed by atoms with Crippen molar-refractivity contribution in [2.75, 3.05) is 13.6 Å². The number of nitrogens with one attached hydrogen (secondary N) is 2. The van der Waals surface area contributed by atoms with Crippen LogP contribution in [-0.2, 0) is 13.0 Å². The number of pyridine rings is 1. The molecular formula is C16H19F2IN4. The van der Waals surface area contributed by atoms with Crippen LogP contribution in [0.4, 0.5) is 8.78 Å². The maximum absolute atomic E-state index is 13.5. The Morgan fingerprint density at radius 2 is 1.87 bits per heavy atom. The molecule has 4 nitrogen and oxygen atoms in total. The Labute approximate surface area is 151 Å². The lowest BCUT2D eigenvalue weighted by atomic mass is 10.1. The number of guanidine groups is 1. The van der Waals surface area contributed by atoms with Crippen molar-refractivity contribution in [3.05, 3.63) is 65.5 Å². The molecule has 1 heterocycles. The third-order valence-electron chi connectivity index (χ3n) is 3.10. The zero-order valence-corrected chi connectivity index (χ0v) is 15.1. The molecule has 1 aromatic heterocycles. The van der Waals surface area contributed by atoms with Crippen LogP contribution in [0.15, 0.2) is 47.6 Å². The summed E-state index contributed by atoms with van der Waals surface area (Å²) in [6.07, 6.45) is 2.28. The van der Waals surface area contributed by atoms with Gasteiger partial charge in [0.2, 0.25) is 0 Å². The molecule has 2 rings (SSSR count). The minimum Gasteiger partial charge on any atom is -0.356 e. The molecule has 124 valence electrons. The molecule has 0 bridgehead atoms.